The van der Waals surface area contributed by atoms with Crippen LogP contribution in [0, 0.1) is 0 Å². The topological polar surface area (TPSA) is 78.9 Å². The number of carbonyl (C=O) groups is 1. The monoisotopic (exact) mass is 428 g/mol. The van der Waals surface area contributed by atoms with Crippen LogP contribution in [0.5, 0.6) is 0 Å². The molecular formula is C22H36O6S. The third kappa shape index (κ3) is 13.4. The molecule has 0 heterocycles. The van der Waals surface area contributed by atoms with Crippen molar-refractivity contribution in [1.82, 2.24) is 0 Å². The first-order valence-electron chi connectivity index (χ1n) is 10.7. The van der Waals surface area contributed by atoms with Crippen LogP contribution >= 0.6 is 0 Å². The summed E-state index contributed by atoms with van der Waals surface area (Å²) in [6, 6.07) is 7.96. The molecular weight excluding hydrogens is 392 g/mol. The zero-order chi connectivity index (χ0) is 21.2. The second-order valence-corrected chi connectivity index (χ2v) is 8.62. The average molecular weight is 429 g/mol. The van der Waals surface area contributed by atoms with E-state index in [2.05, 4.69) is 6.92 Å². The Morgan fingerprint density at radius 2 is 1.38 bits per heavy atom. The van der Waals surface area contributed by atoms with E-state index in [-0.39, 0.29) is 37.3 Å². The van der Waals surface area contributed by atoms with E-state index in [1.807, 2.05) is 0 Å². The molecule has 166 valence electrons. The first-order valence-corrected chi connectivity index (χ1v) is 12.1. The molecule has 7 heteroatoms. The van der Waals surface area contributed by atoms with Gasteiger partial charge in [-0.05, 0) is 18.6 Å². The number of hydrogen-bond donors (Lipinski definition) is 0. The van der Waals surface area contributed by atoms with Crippen LogP contribution in [0.4, 0.5) is 0 Å². The van der Waals surface area contributed by atoms with Gasteiger partial charge in [0.25, 0.3) is 10.1 Å². The van der Waals surface area contributed by atoms with Crippen molar-refractivity contribution in [2.24, 2.45) is 0 Å². The molecule has 0 aliphatic heterocycles. The Morgan fingerprint density at radius 1 is 0.793 bits per heavy atom. The average Bonchev–Trinajstić information content (AvgIpc) is 2.72. The lowest BCUT2D eigenvalue weighted by Gasteiger charge is -2.07. The van der Waals surface area contributed by atoms with Crippen molar-refractivity contribution in [3.05, 3.63) is 30.3 Å². The van der Waals surface area contributed by atoms with Crippen LogP contribution in [0.1, 0.15) is 71.1 Å². The Bertz CT molecular complexity index is 630. The van der Waals surface area contributed by atoms with Gasteiger partial charge in [-0.25, -0.2) is 0 Å². The molecule has 29 heavy (non-hydrogen) atoms. The van der Waals surface area contributed by atoms with Crippen molar-refractivity contribution in [2.75, 3.05) is 26.4 Å². The van der Waals surface area contributed by atoms with Gasteiger partial charge in [0, 0.05) is 6.42 Å². The Kier molecular flexibility index (Phi) is 14.4. The van der Waals surface area contributed by atoms with E-state index in [9.17, 15) is 13.2 Å². The maximum Gasteiger partial charge on any atom is 0.305 e. The summed E-state index contributed by atoms with van der Waals surface area (Å²) in [6.07, 6.45) is 11.3. The van der Waals surface area contributed by atoms with Crippen LogP contribution in [0.15, 0.2) is 35.2 Å². The molecule has 0 amide bonds. The van der Waals surface area contributed by atoms with Gasteiger partial charge in [-0.3, -0.25) is 8.98 Å². The predicted octanol–water partition coefficient (Wildman–Crippen LogP) is 4.87. The molecule has 0 aliphatic rings. The number of esters is 1. The molecule has 0 fully saturated rings. The van der Waals surface area contributed by atoms with Crippen molar-refractivity contribution < 1.29 is 26.9 Å². The third-order valence-electron chi connectivity index (χ3n) is 4.47. The molecule has 1 rings (SSSR count). The number of unbranched alkanes of at least 4 members (excludes halogenated alkanes) is 8. The van der Waals surface area contributed by atoms with E-state index in [0.29, 0.717) is 6.42 Å². The zero-order valence-corrected chi connectivity index (χ0v) is 18.5. The summed E-state index contributed by atoms with van der Waals surface area (Å²) in [5, 5.41) is 0. The van der Waals surface area contributed by atoms with Gasteiger partial charge in [0.05, 0.1) is 24.7 Å². The van der Waals surface area contributed by atoms with E-state index in [1.54, 1.807) is 18.2 Å². The van der Waals surface area contributed by atoms with Gasteiger partial charge in [-0.2, -0.15) is 8.42 Å². The Hall–Kier alpha value is -1.44. The largest absolute Gasteiger partial charge is 0.463 e. The van der Waals surface area contributed by atoms with Crippen LogP contribution in [-0.4, -0.2) is 40.8 Å². The highest BCUT2D eigenvalue weighted by Crippen LogP contribution is 2.11. The van der Waals surface area contributed by atoms with E-state index < -0.39 is 10.1 Å². The molecule has 0 spiro atoms. The summed E-state index contributed by atoms with van der Waals surface area (Å²) in [5.74, 6) is -0.209. The van der Waals surface area contributed by atoms with Gasteiger partial charge in [-0.1, -0.05) is 76.5 Å². The zero-order valence-electron chi connectivity index (χ0n) is 17.6. The molecule has 6 nitrogen and oxygen atoms in total. The minimum Gasteiger partial charge on any atom is -0.463 e. The van der Waals surface area contributed by atoms with Crippen LogP contribution in [-0.2, 0) is 28.6 Å². The fourth-order valence-electron chi connectivity index (χ4n) is 2.83. The molecule has 0 atom stereocenters. The van der Waals surface area contributed by atoms with Crippen molar-refractivity contribution >= 4 is 16.1 Å². The van der Waals surface area contributed by atoms with E-state index >= 15 is 0 Å². The summed E-state index contributed by atoms with van der Waals surface area (Å²) >= 11 is 0. The maximum atomic E-state index is 11.9. The lowest BCUT2D eigenvalue weighted by molar-refractivity contribution is -0.145. The lowest BCUT2D eigenvalue weighted by atomic mass is 10.1. The highest BCUT2D eigenvalue weighted by atomic mass is 32.2. The number of hydrogen-bond acceptors (Lipinski definition) is 6. The van der Waals surface area contributed by atoms with E-state index in [1.165, 1.54) is 57.1 Å². The second kappa shape index (κ2) is 16.4. The summed E-state index contributed by atoms with van der Waals surface area (Å²) in [7, 11) is -3.76. The van der Waals surface area contributed by atoms with Crippen molar-refractivity contribution in [1.29, 1.82) is 0 Å². The summed E-state index contributed by atoms with van der Waals surface area (Å²) in [4.78, 5) is 11.8. The van der Waals surface area contributed by atoms with Crippen molar-refractivity contribution in [3.63, 3.8) is 0 Å². The van der Waals surface area contributed by atoms with Gasteiger partial charge in [0.2, 0.25) is 0 Å². The SMILES string of the molecule is CCCCCCCCCCCC(=O)OCCOCCOS(=O)(=O)c1ccccc1. The molecule has 0 bridgehead atoms. The number of carbonyl (C=O) groups excluding carboxylic acids is 1. The predicted molar refractivity (Wildman–Crippen MR) is 113 cm³/mol. The fraction of sp³-hybridized carbons (Fsp3) is 0.682. The highest BCUT2D eigenvalue weighted by molar-refractivity contribution is 7.86. The normalized spacial score (nSPS) is 11.5. The minimum atomic E-state index is -3.76. The minimum absolute atomic E-state index is 0.0797. The maximum absolute atomic E-state index is 11.9. The van der Waals surface area contributed by atoms with Crippen LogP contribution in [0.3, 0.4) is 0 Å². The number of ether oxygens (including phenoxy) is 2. The molecule has 0 aliphatic carbocycles. The fourth-order valence-corrected chi connectivity index (χ4v) is 3.74. The quantitative estimate of drug-likeness (QED) is 0.188. The second-order valence-electron chi connectivity index (χ2n) is 7.00. The third-order valence-corrected chi connectivity index (χ3v) is 5.80. The summed E-state index contributed by atoms with van der Waals surface area (Å²) in [6.45, 7) is 2.64. The van der Waals surface area contributed by atoms with Crippen LogP contribution in [0.2, 0.25) is 0 Å². The number of rotatable bonds is 18. The standard InChI is InChI=1S/C22H36O6S/c1-2-3-4-5-6-7-8-9-13-16-22(23)27-19-17-26-18-20-28-29(24,25)21-14-11-10-12-15-21/h10-12,14-15H,2-9,13,16-20H2,1H3. The van der Waals surface area contributed by atoms with Gasteiger partial charge in [-0.15, -0.1) is 0 Å². The molecule has 0 unspecified atom stereocenters. The highest BCUT2D eigenvalue weighted by Gasteiger charge is 2.13. The first-order chi connectivity index (χ1) is 14.1. The Morgan fingerprint density at radius 3 is 2.03 bits per heavy atom. The van der Waals surface area contributed by atoms with Crippen LogP contribution in [0.25, 0.3) is 0 Å². The summed E-state index contributed by atoms with van der Waals surface area (Å²) < 4.78 is 39.0. The van der Waals surface area contributed by atoms with Gasteiger partial charge >= 0.3 is 5.97 Å². The van der Waals surface area contributed by atoms with Gasteiger partial charge < -0.3 is 9.47 Å². The molecule has 1 aromatic carbocycles. The molecule has 1 aromatic rings. The summed E-state index contributed by atoms with van der Waals surface area (Å²) in [5.41, 5.74) is 0. The molecule has 0 N–H and O–H groups in total. The Labute approximate surface area is 176 Å². The van der Waals surface area contributed by atoms with E-state index in [0.717, 1.165) is 12.8 Å². The molecule has 0 saturated heterocycles. The smallest absolute Gasteiger partial charge is 0.305 e. The van der Waals surface area contributed by atoms with Gasteiger partial charge in [0.15, 0.2) is 0 Å². The van der Waals surface area contributed by atoms with E-state index in [4.69, 9.17) is 13.7 Å². The Balaban J connectivity index is 1.91. The first kappa shape index (κ1) is 25.6. The molecule has 0 aromatic heterocycles. The van der Waals surface area contributed by atoms with Crippen LogP contribution < -0.4 is 0 Å². The number of benzene rings is 1. The van der Waals surface area contributed by atoms with Crippen molar-refractivity contribution in [3.8, 4) is 0 Å². The van der Waals surface area contributed by atoms with Gasteiger partial charge in [0.1, 0.15) is 6.61 Å². The molecule has 0 saturated carbocycles. The lowest BCUT2D eigenvalue weighted by Crippen LogP contribution is -2.15. The molecule has 0 radical (unpaired) electrons. The van der Waals surface area contributed by atoms with Crippen molar-refractivity contribution in [2.45, 2.75) is 76.0 Å².